The third-order valence-electron chi connectivity index (χ3n) is 2.78. The van der Waals surface area contributed by atoms with Gasteiger partial charge < -0.3 is 20.1 Å². The van der Waals surface area contributed by atoms with Crippen LogP contribution in [0.15, 0.2) is 29.3 Å². The van der Waals surface area contributed by atoms with E-state index < -0.39 is 0 Å². The van der Waals surface area contributed by atoms with Crippen molar-refractivity contribution in [3.63, 3.8) is 0 Å². The number of ether oxygens (including phenoxy) is 2. The Morgan fingerprint density at radius 2 is 1.90 bits per heavy atom. The van der Waals surface area contributed by atoms with Crippen molar-refractivity contribution in [3.05, 3.63) is 24.3 Å². The summed E-state index contributed by atoms with van der Waals surface area (Å²) >= 11 is 1.80. The first-order chi connectivity index (χ1) is 10.2. The summed E-state index contributed by atoms with van der Waals surface area (Å²) in [7, 11) is 3.42. The highest BCUT2D eigenvalue weighted by Gasteiger charge is 2.05. The monoisotopic (exact) mass is 311 g/mol. The smallest absolute Gasteiger partial charge is 0.191 e. The molecule has 0 aliphatic heterocycles. The average molecular weight is 311 g/mol. The second-order valence-electron chi connectivity index (χ2n) is 4.48. The molecule has 0 spiro atoms. The molecule has 1 atom stereocenters. The van der Waals surface area contributed by atoms with Gasteiger partial charge in [0, 0.05) is 19.3 Å². The number of thioether (sulfide) groups is 1. The first kappa shape index (κ1) is 17.5. The fourth-order valence-corrected chi connectivity index (χ4v) is 1.97. The van der Waals surface area contributed by atoms with Gasteiger partial charge >= 0.3 is 0 Å². The predicted octanol–water partition coefficient (Wildman–Crippen LogP) is 1.99. The molecular weight excluding hydrogens is 286 g/mol. The highest BCUT2D eigenvalue weighted by Crippen LogP contribution is 2.17. The van der Waals surface area contributed by atoms with Gasteiger partial charge in [-0.2, -0.15) is 11.8 Å². The topological polar surface area (TPSA) is 54.9 Å². The van der Waals surface area contributed by atoms with Crippen LogP contribution in [0.25, 0.3) is 0 Å². The zero-order valence-corrected chi connectivity index (χ0v) is 14.0. The summed E-state index contributed by atoms with van der Waals surface area (Å²) in [6, 6.07) is 7.58. The van der Waals surface area contributed by atoms with E-state index in [4.69, 9.17) is 9.47 Å². The van der Waals surface area contributed by atoms with E-state index in [1.807, 2.05) is 31.2 Å². The van der Waals surface area contributed by atoms with Gasteiger partial charge in [0.05, 0.1) is 13.7 Å². The van der Waals surface area contributed by atoms with Crippen LogP contribution in [0.3, 0.4) is 0 Å². The molecule has 0 radical (unpaired) electrons. The maximum atomic E-state index is 5.83. The predicted molar refractivity (Wildman–Crippen MR) is 90.8 cm³/mol. The normalized spacial score (nSPS) is 12.7. The van der Waals surface area contributed by atoms with Crippen molar-refractivity contribution < 1.29 is 9.47 Å². The highest BCUT2D eigenvalue weighted by molar-refractivity contribution is 7.98. The number of aliphatic imine (C=N–C) groups is 1. The molecule has 0 bridgehead atoms. The van der Waals surface area contributed by atoms with Gasteiger partial charge in [-0.05, 0) is 37.4 Å². The van der Waals surface area contributed by atoms with Crippen LogP contribution in [0, 0.1) is 0 Å². The lowest BCUT2D eigenvalue weighted by Crippen LogP contribution is -2.42. The Balaban J connectivity index is 2.33. The Kier molecular flexibility index (Phi) is 8.50. The van der Waals surface area contributed by atoms with Gasteiger partial charge in [-0.15, -0.1) is 0 Å². The van der Waals surface area contributed by atoms with Crippen molar-refractivity contribution >= 4 is 17.7 Å². The second-order valence-corrected chi connectivity index (χ2v) is 5.46. The van der Waals surface area contributed by atoms with Crippen molar-refractivity contribution in [2.24, 2.45) is 4.99 Å². The molecule has 1 aromatic carbocycles. The van der Waals surface area contributed by atoms with Gasteiger partial charge in [0.2, 0.25) is 0 Å². The molecule has 2 N–H and O–H groups in total. The molecule has 0 amide bonds. The van der Waals surface area contributed by atoms with Crippen molar-refractivity contribution in [1.82, 2.24) is 10.6 Å². The van der Waals surface area contributed by atoms with E-state index in [-0.39, 0.29) is 6.10 Å². The number of rotatable bonds is 8. The van der Waals surface area contributed by atoms with E-state index >= 15 is 0 Å². The van der Waals surface area contributed by atoms with Crippen molar-refractivity contribution in [2.45, 2.75) is 13.0 Å². The van der Waals surface area contributed by atoms with Gasteiger partial charge in [0.25, 0.3) is 0 Å². The number of hydrogen-bond donors (Lipinski definition) is 2. The Labute approximate surface area is 131 Å². The van der Waals surface area contributed by atoms with Crippen LogP contribution in [0.4, 0.5) is 0 Å². The summed E-state index contributed by atoms with van der Waals surface area (Å²) in [6.45, 7) is 3.60. The number of benzene rings is 1. The fourth-order valence-electron chi connectivity index (χ4n) is 1.66. The lowest BCUT2D eigenvalue weighted by molar-refractivity contribution is 0.223. The van der Waals surface area contributed by atoms with Crippen molar-refractivity contribution in [1.29, 1.82) is 0 Å². The summed E-state index contributed by atoms with van der Waals surface area (Å²) in [5, 5.41) is 6.50. The van der Waals surface area contributed by atoms with Crippen molar-refractivity contribution in [3.8, 4) is 11.5 Å². The fraction of sp³-hybridized carbons (Fsp3) is 0.533. The number of nitrogens with one attached hydrogen (secondary N) is 2. The molecule has 0 fully saturated rings. The van der Waals surface area contributed by atoms with Crippen LogP contribution in [0.1, 0.15) is 6.92 Å². The van der Waals surface area contributed by atoms with E-state index in [2.05, 4.69) is 21.9 Å². The Morgan fingerprint density at radius 3 is 2.48 bits per heavy atom. The third kappa shape index (κ3) is 7.13. The summed E-state index contributed by atoms with van der Waals surface area (Å²) in [5.41, 5.74) is 0. The lowest BCUT2D eigenvalue weighted by Gasteiger charge is -2.17. The number of nitrogens with zero attached hydrogens (tertiary/aromatic N) is 1. The number of guanidine groups is 1. The zero-order chi connectivity index (χ0) is 15.5. The van der Waals surface area contributed by atoms with Crippen LogP contribution in [0.2, 0.25) is 0 Å². The minimum atomic E-state index is 0.0393. The molecule has 5 nitrogen and oxygen atoms in total. The SMILES string of the molecule is CN=C(NCCSC)NCC(C)Oc1ccc(OC)cc1. The van der Waals surface area contributed by atoms with E-state index in [0.29, 0.717) is 6.54 Å². The highest BCUT2D eigenvalue weighted by atomic mass is 32.2. The van der Waals surface area contributed by atoms with Crippen LogP contribution >= 0.6 is 11.8 Å². The van der Waals surface area contributed by atoms with Crippen LogP contribution in [0.5, 0.6) is 11.5 Å². The second kappa shape index (κ2) is 10.2. The molecule has 1 aromatic rings. The van der Waals surface area contributed by atoms with E-state index in [9.17, 15) is 0 Å². The molecule has 0 aromatic heterocycles. The molecule has 1 unspecified atom stereocenters. The minimum Gasteiger partial charge on any atom is -0.497 e. The van der Waals surface area contributed by atoms with Gasteiger partial charge in [0.15, 0.2) is 5.96 Å². The van der Waals surface area contributed by atoms with E-state index in [1.54, 1.807) is 25.9 Å². The molecule has 0 saturated heterocycles. The van der Waals surface area contributed by atoms with Gasteiger partial charge in [-0.25, -0.2) is 0 Å². The van der Waals surface area contributed by atoms with E-state index in [1.165, 1.54) is 0 Å². The average Bonchev–Trinajstić information content (AvgIpc) is 2.51. The molecule has 6 heteroatoms. The standard InChI is InChI=1S/C15H25N3O2S/c1-12(11-18-15(16-2)17-9-10-21-4)20-14-7-5-13(19-3)6-8-14/h5-8,12H,9-11H2,1-4H3,(H2,16,17,18). The minimum absolute atomic E-state index is 0.0393. The maximum Gasteiger partial charge on any atom is 0.191 e. The first-order valence-electron chi connectivity index (χ1n) is 6.93. The van der Waals surface area contributed by atoms with Crippen molar-refractivity contribution in [2.75, 3.05) is 39.3 Å². The molecule has 21 heavy (non-hydrogen) atoms. The molecule has 0 saturated carbocycles. The summed E-state index contributed by atoms with van der Waals surface area (Å²) < 4.78 is 11.0. The molecule has 0 aliphatic carbocycles. The largest absolute Gasteiger partial charge is 0.497 e. The van der Waals surface area contributed by atoms with E-state index in [0.717, 1.165) is 29.8 Å². The molecule has 118 valence electrons. The molecular formula is C15H25N3O2S. The van der Waals surface area contributed by atoms with Crippen LogP contribution < -0.4 is 20.1 Å². The Hall–Kier alpha value is -1.56. The quantitative estimate of drug-likeness (QED) is 0.437. The molecule has 0 aliphatic rings. The molecule has 1 rings (SSSR count). The van der Waals surface area contributed by atoms with Crippen LogP contribution in [-0.2, 0) is 0 Å². The summed E-state index contributed by atoms with van der Waals surface area (Å²) in [6.07, 6.45) is 2.13. The first-order valence-corrected chi connectivity index (χ1v) is 8.33. The molecule has 0 heterocycles. The van der Waals surface area contributed by atoms with Crippen LogP contribution in [-0.4, -0.2) is 51.3 Å². The summed E-state index contributed by atoms with van der Waals surface area (Å²) in [4.78, 5) is 4.17. The Morgan fingerprint density at radius 1 is 1.24 bits per heavy atom. The Bertz CT molecular complexity index is 423. The maximum absolute atomic E-state index is 5.83. The zero-order valence-electron chi connectivity index (χ0n) is 13.2. The lowest BCUT2D eigenvalue weighted by atomic mass is 10.3. The number of methoxy groups -OCH3 is 1. The number of hydrogen-bond acceptors (Lipinski definition) is 4. The third-order valence-corrected chi connectivity index (χ3v) is 3.39. The van der Waals surface area contributed by atoms with Gasteiger partial charge in [0.1, 0.15) is 17.6 Å². The summed E-state index contributed by atoms with van der Waals surface area (Å²) in [5.74, 6) is 3.51. The van der Waals surface area contributed by atoms with Gasteiger partial charge in [-0.3, -0.25) is 4.99 Å². The van der Waals surface area contributed by atoms with Gasteiger partial charge in [-0.1, -0.05) is 0 Å².